The summed E-state index contributed by atoms with van der Waals surface area (Å²) in [7, 11) is 0. The minimum absolute atomic E-state index is 0.0165. The summed E-state index contributed by atoms with van der Waals surface area (Å²) in [5.74, 6) is 0.738. The number of aromatic nitrogens is 5. The molecular weight excluding hydrogens is 380 g/mol. The summed E-state index contributed by atoms with van der Waals surface area (Å²) >= 11 is 0. The van der Waals surface area contributed by atoms with Crippen molar-refractivity contribution in [1.82, 2.24) is 30.1 Å². The van der Waals surface area contributed by atoms with Gasteiger partial charge in [-0.3, -0.25) is 9.69 Å². The largest absolute Gasteiger partial charge is 0.395 e. The van der Waals surface area contributed by atoms with Crippen LogP contribution in [0, 0.1) is 13.8 Å². The van der Waals surface area contributed by atoms with Gasteiger partial charge in [-0.2, -0.15) is 0 Å². The normalized spacial score (nSPS) is 13.3. The Labute approximate surface area is 176 Å². The molecule has 1 unspecified atom stereocenters. The third-order valence-electron chi connectivity index (χ3n) is 5.55. The lowest BCUT2D eigenvalue weighted by Gasteiger charge is -2.31. The Kier molecular flexibility index (Phi) is 6.38. The molecule has 0 aliphatic rings. The van der Waals surface area contributed by atoms with Crippen molar-refractivity contribution in [1.29, 1.82) is 0 Å². The fourth-order valence-electron chi connectivity index (χ4n) is 3.82. The first kappa shape index (κ1) is 22.1. The molecule has 0 aliphatic carbocycles. The summed E-state index contributed by atoms with van der Waals surface area (Å²) < 4.78 is 1.82. The van der Waals surface area contributed by atoms with Gasteiger partial charge in [0, 0.05) is 24.2 Å². The second-order valence-corrected chi connectivity index (χ2v) is 8.89. The van der Waals surface area contributed by atoms with E-state index in [1.165, 1.54) is 5.56 Å². The summed E-state index contributed by atoms with van der Waals surface area (Å²) in [5, 5.41) is 23.1. The number of hydrogen-bond donors (Lipinski definition) is 2. The van der Waals surface area contributed by atoms with Gasteiger partial charge in [-0.15, -0.1) is 5.10 Å². The quantitative estimate of drug-likeness (QED) is 0.619. The molecule has 0 saturated heterocycles. The maximum Gasteiger partial charge on any atom is 0.252 e. The average Bonchev–Trinajstić information content (AvgIpc) is 3.15. The number of pyridine rings is 1. The maximum absolute atomic E-state index is 12.8. The molecule has 3 rings (SSSR count). The lowest BCUT2D eigenvalue weighted by atomic mass is 10.0. The number of tetrazole rings is 1. The zero-order chi connectivity index (χ0) is 22.1. The van der Waals surface area contributed by atoms with E-state index >= 15 is 0 Å². The Bertz CT molecular complexity index is 1080. The van der Waals surface area contributed by atoms with E-state index in [1.54, 1.807) is 0 Å². The monoisotopic (exact) mass is 412 g/mol. The van der Waals surface area contributed by atoms with E-state index in [1.807, 2.05) is 44.5 Å². The van der Waals surface area contributed by atoms with Crippen molar-refractivity contribution in [2.24, 2.45) is 0 Å². The number of hydrogen-bond acceptors (Lipinski definition) is 6. The smallest absolute Gasteiger partial charge is 0.252 e. The van der Waals surface area contributed by atoms with Gasteiger partial charge in [0.2, 0.25) is 0 Å². The molecule has 1 atom stereocenters. The van der Waals surface area contributed by atoms with E-state index in [0.717, 1.165) is 28.7 Å². The Morgan fingerprint density at radius 1 is 1.20 bits per heavy atom. The zero-order valence-electron chi connectivity index (χ0n) is 18.7. The van der Waals surface area contributed by atoms with Crippen LogP contribution in [-0.4, -0.2) is 48.3 Å². The number of aromatic amines is 1. The number of H-pyrrole nitrogens is 1. The Morgan fingerprint density at radius 2 is 1.90 bits per heavy atom. The van der Waals surface area contributed by atoms with Crippen LogP contribution >= 0.6 is 0 Å². The summed E-state index contributed by atoms with van der Waals surface area (Å²) in [6, 6.07) is 5.93. The van der Waals surface area contributed by atoms with Crippen LogP contribution in [0.15, 0.2) is 23.0 Å². The van der Waals surface area contributed by atoms with E-state index < -0.39 is 0 Å². The third-order valence-corrected chi connectivity index (χ3v) is 5.55. The van der Waals surface area contributed by atoms with E-state index in [0.29, 0.717) is 18.7 Å². The molecule has 162 valence electrons. The van der Waals surface area contributed by atoms with E-state index in [-0.39, 0.29) is 23.7 Å². The molecule has 1 aromatic carbocycles. The Morgan fingerprint density at radius 3 is 2.53 bits per heavy atom. The summed E-state index contributed by atoms with van der Waals surface area (Å²) in [6.07, 6.45) is 0.750. The highest BCUT2D eigenvalue weighted by Crippen LogP contribution is 2.27. The first-order valence-electron chi connectivity index (χ1n) is 10.4. The first-order chi connectivity index (χ1) is 14.2. The lowest BCUT2D eigenvalue weighted by Crippen LogP contribution is -2.36. The summed E-state index contributed by atoms with van der Waals surface area (Å²) in [5.41, 5.74) is 3.44. The van der Waals surface area contributed by atoms with Gasteiger partial charge in [-0.1, -0.05) is 6.92 Å². The topological polar surface area (TPSA) is 99.9 Å². The molecular formula is C22H32N6O2. The molecule has 0 aliphatic heterocycles. The van der Waals surface area contributed by atoms with Crippen LogP contribution in [0.3, 0.4) is 0 Å². The minimum Gasteiger partial charge on any atom is -0.395 e. The molecule has 8 heteroatoms. The van der Waals surface area contributed by atoms with Crippen molar-refractivity contribution in [2.45, 2.75) is 66.1 Å². The van der Waals surface area contributed by atoms with Crippen LogP contribution in [0.5, 0.6) is 0 Å². The van der Waals surface area contributed by atoms with Gasteiger partial charge in [0.15, 0.2) is 5.82 Å². The number of fused-ring (bicyclic) bond motifs is 1. The van der Waals surface area contributed by atoms with Gasteiger partial charge < -0.3 is 10.1 Å². The SMILES string of the molecule is CCC(c1nnnn1C(C)(C)C)N(CCO)Cc1cc2cc(C)c(C)cc2[nH]c1=O. The van der Waals surface area contributed by atoms with Crippen molar-refractivity contribution < 1.29 is 5.11 Å². The number of nitrogens with zero attached hydrogens (tertiary/aromatic N) is 5. The van der Waals surface area contributed by atoms with Gasteiger partial charge >= 0.3 is 0 Å². The molecule has 0 fully saturated rings. The molecule has 2 N–H and O–H groups in total. The number of benzene rings is 1. The standard InChI is InChI=1S/C22H32N6O2/c1-7-19(20-24-25-26-28(20)22(4,5)6)27(8-9-29)13-17-12-16-10-14(2)15(3)11-18(16)23-21(17)30/h10-12,19,29H,7-9,13H2,1-6H3,(H,23,30). The van der Waals surface area contributed by atoms with Gasteiger partial charge in [0.1, 0.15) is 0 Å². The molecule has 0 saturated carbocycles. The minimum atomic E-state index is -0.271. The molecule has 2 heterocycles. The zero-order valence-corrected chi connectivity index (χ0v) is 18.7. The maximum atomic E-state index is 12.8. The first-order valence-corrected chi connectivity index (χ1v) is 10.4. The molecule has 0 spiro atoms. The van der Waals surface area contributed by atoms with E-state index in [4.69, 9.17) is 0 Å². The highest BCUT2D eigenvalue weighted by molar-refractivity contribution is 5.80. The van der Waals surface area contributed by atoms with Crippen molar-refractivity contribution in [3.8, 4) is 0 Å². The highest BCUT2D eigenvalue weighted by Gasteiger charge is 2.29. The van der Waals surface area contributed by atoms with Crippen LogP contribution in [-0.2, 0) is 12.1 Å². The molecule has 0 bridgehead atoms. The van der Waals surface area contributed by atoms with Gasteiger partial charge in [-0.05, 0) is 86.2 Å². The van der Waals surface area contributed by atoms with E-state index in [2.05, 4.69) is 45.3 Å². The summed E-state index contributed by atoms with van der Waals surface area (Å²) in [6.45, 7) is 13.1. The van der Waals surface area contributed by atoms with Crippen molar-refractivity contribution in [3.63, 3.8) is 0 Å². The van der Waals surface area contributed by atoms with E-state index in [9.17, 15) is 9.90 Å². The van der Waals surface area contributed by atoms with Crippen LogP contribution in [0.4, 0.5) is 0 Å². The van der Waals surface area contributed by atoms with Crippen LogP contribution in [0.1, 0.15) is 62.7 Å². The molecule has 8 nitrogen and oxygen atoms in total. The second kappa shape index (κ2) is 8.65. The molecule has 3 aromatic rings. The number of rotatable bonds is 7. The number of aryl methyl sites for hydroxylation is 2. The molecule has 30 heavy (non-hydrogen) atoms. The third kappa shape index (κ3) is 4.44. The average molecular weight is 413 g/mol. The number of aliphatic hydroxyl groups is 1. The molecule has 0 amide bonds. The van der Waals surface area contributed by atoms with Crippen LogP contribution in [0.2, 0.25) is 0 Å². The molecule has 2 aromatic heterocycles. The number of nitrogens with one attached hydrogen (secondary N) is 1. The van der Waals surface area contributed by atoms with Gasteiger partial charge in [0.25, 0.3) is 5.56 Å². The Hall–Kier alpha value is -2.58. The van der Waals surface area contributed by atoms with Crippen molar-refractivity contribution >= 4 is 10.9 Å². The second-order valence-electron chi connectivity index (χ2n) is 8.89. The van der Waals surface area contributed by atoms with Crippen molar-refractivity contribution in [3.05, 3.63) is 51.1 Å². The summed E-state index contributed by atoms with van der Waals surface area (Å²) in [4.78, 5) is 17.9. The van der Waals surface area contributed by atoms with Crippen molar-refractivity contribution in [2.75, 3.05) is 13.2 Å². The predicted molar refractivity (Wildman–Crippen MR) is 117 cm³/mol. The van der Waals surface area contributed by atoms with Crippen LogP contribution < -0.4 is 5.56 Å². The lowest BCUT2D eigenvalue weighted by molar-refractivity contribution is 0.127. The molecule has 0 radical (unpaired) electrons. The number of aliphatic hydroxyl groups excluding tert-OH is 1. The fraction of sp³-hybridized carbons (Fsp3) is 0.545. The van der Waals surface area contributed by atoms with Crippen LogP contribution in [0.25, 0.3) is 10.9 Å². The van der Waals surface area contributed by atoms with Gasteiger partial charge in [-0.25, -0.2) is 4.68 Å². The Balaban J connectivity index is 2.01. The predicted octanol–water partition coefficient (Wildman–Crippen LogP) is 2.83. The van der Waals surface area contributed by atoms with Gasteiger partial charge in [0.05, 0.1) is 18.2 Å². The fourth-order valence-corrected chi connectivity index (χ4v) is 3.82. The highest BCUT2D eigenvalue weighted by atomic mass is 16.3.